The van der Waals surface area contributed by atoms with Gasteiger partial charge in [0, 0.05) is 37.9 Å². The largest absolute Gasteiger partial charge is 0.357 e. The molecule has 7 heteroatoms. The SMILES string of the molecule is CCNC(=NCC1CCCN1CC)NCCc1cn2ccccc2n1.I. The van der Waals surface area contributed by atoms with Gasteiger partial charge >= 0.3 is 0 Å². The monoisotopic (exact) mass is 470 g/mol. The maximum atomic E-state index is 4.79. The van der Waals surface area contributed by atoms with Gasteiger partial charge in [0.25, 0.3) is 0 Å². The number of rotatable bonds is 7. The summed E-state index contributed by atoms with van der Waals surface area (Å²) in [4.78, 5) is 12.0. The van der Waals surface area contributed by atoms with Crippen molar-refractivity contribution in [2.45, 2.75) is 39.2 Å². The predicted octanol–water partition coefficient (Wildman–Crippen LogP) is 2.53. The van der Waals surface area contributed by atoms with Crippen LogP contribution in [0.1, 0.15) is 32.4 Å². The molecule has 2 N–H and O–H groups in total. The molecule has 3 rings (SSSR count). The Labute approximate surface area is 173 Å². The number of likely N-dealkylation sites (N-methyl/N-ethyl adjacent to an activating group) is 1. The molecule has 0 bridgehead atoms. The Morgan fingerprint density at radius 1 is 1.31 bits per heavy atom. The van der Waals surface area contributed by atoms with E-state index in [0.29, 0.717) is 6.04 Å². The van der Waals surface area contributed by atoms with Crippen LogP contribution < -0.4 is 10.6 Å². The lowest BCUT2D eigenvalue weighted by Gasteiger charge is -2.21. The molecule has 1 atom stereocenters. The van der Waals surface area contributed by atoms with Crippen molar-refractivity contribution >= 4 is 35.6 Å². The predicted molar refractivity (Wildman–Crippen MR) is 119 cm³/mol. The minimum absolute atomic E-state index is 0. The first-order chi connectivity index (χ1) is 12.3. The number of nitrogens with one attached hydrogen (secondary N) is 2. The molecule has 0 radical (unpaired) electrons. The number of aliphatic imine (C=N–C) groups is 1. The van der Waals surface area contributed by atoms with Crippen LogP contribution in [0.4, 0.5) is 0 Å². The van der Waals surface area contributed by atoms with Crippen LogP contribution >= 0.6 is 24.0 Å². The van der Waals surface area contributed by atoms with E-state index in [2.05, 4.69) is 45.0 Å². The van der Waals surface area contributed by atoms with E-state index in [1.807, 2.05) is 24.4 Å². The summed E-state index contributed by atoms with van der Waals surface area (Å²) in [5.74, 6) is 0.911. The number of imidazole rings is 1. The molecule has 3 heterocycles. The van der Waals surface area contributed by atoms with Gasteiger partial charge in [-0.05, 0) is 45.0 Å². The third-order valence-corrected chi connectivity index (χ3v) is 4.80. The number of likely N-dealkylation sites (tertiary alicyclic amines) is 1. The molecule has 2 aromatic heterocycles. The molecule has 6 nitrogen and oxygen atoms in total. The normalized spacial score (nSPS) is 18.1. The van der Waals surface area contributed by atoms with Crippen molar-refractivity contribution in [1.82, 2.24) is 24.9 Å². The number of hydrogen-bond acceptors (Lipinski definition) is 3. The standard InChI is InChI=1S/C19H30N6.HI/c1-3-20-19(22-14-17-8-7-13-24(17)4-2)21-11-10-16-15-25-12-6-5-9-18(25)23-16;/h5-6,9,12,15,17H,3-4,7-8,10-11,13-14H2,1-2H3,(H2,20,21,22);1H. The average Bonchev–Trinajstić information content (AvgIpc) is 3.25. The van der Waals surface area contributed by atoms with Crippen molar-refractivity contribution in [3.63, 3.8) is 0 Å². The smallest absolute Gasteiger partial charge is 0.191 e. The van der Waals surface area contributed by atoms with Crippen LogP contribution in [0, 0.1) is 0 Å². The number of halogens is 1. The Kier molecular flexibility index (Phi) is 8.64. The van der Waals surface area contributed by atoms with Crippen LogP contribution in [0.15, 0.2) is 35.6 Å². The van der Waals surface area contributed by atoms with Crippen molar-refractivity contribution < 1.29 is 0 Å². The van der Waals surface area contributed by atoms with E-state index in [1.165, 1.54) is 19.4 Å². The highest BCUT2D eigenvalue weighted by atomic mass is 127. The van der Waals surface area contributed by atoms with E-state index in [9.17, 15) is 0 Å². The Hall–Kier alpha value is -1.35. The van der Waals surface area contributed by atoms with E-state index in [0.717, 1.165) is 49.9 Å². The fourth-order valence-electron chi connectivity index (χ4n) is 3.47. The molecule has 1 unspecified atom stereocenters. The molecule has 0 aromatic carbocycles. The highest BCUT2D eigenvalue weighted by Crippen LogP contribution is 2.16. The lowest BCUT2D eigenvalue weighted by Crippen LogP contribution is -2.40. The van der Waals surface area contributed by atoms with Gasteiger partial charge < -0.3 is 15.0 Å². The number of guanidine groups is 1. The molecule has 26 heavy (non-hydrogen) atoms. The van der Waals surface area contributed by atoms with Crippen molar-refractivity contribution in [3.05, 3.63) is 36.3 Å². The van der Waals surface area contributed by atoms with Crippen LogP contribution in [0.25, 0.3) is 5.65 Å². The molecule has 144 valence electrons. The molecule has 0 saturated carbocycles. The van der Waals surface area contributed by atoms with Crippen molar-refractivity contribution in [2.75, 3.05) is 32.7 Å². The number of hydrogen-bond donors (Lipinski definition) is 2. The van der Waals surface area contributed by atoms with Gasteiger partial charge in [0.1, 0.15) is 5.65 Å². The minimum atomic E-state index is 0. The average molecular weight is 470 g/mol. The van der Waals surface area contributed by atoms with Crippen LogP contribution in [-0.4, -0.2) is 59.0 Å². The molecule has 1 aliphatic rings. The molecule has 2 aromatic rings. The van der Waals surface area contributed by atoms with Crippen molar-refractivity contribution in [3.8, 4) is 0 Å². The number of fused-ring (bicyclic) bond motifs is 1. The van der Waals surface area contributed by atoms with Gasteiger partial charge in [0.15, 0.2) is 5.96 Å². The first-order valence-electron chi connectivity index (χ1n) is 9.49. The molecule has 1 fully saturated rings. The second-order valence-electron chi connectivity index (χ2n) is 6.52. The zero-order valence-corrected chi connectivity index (χ0v) is 18.1. The summed E-state index contributed by atoms with van der Waals surface area (Å²) in [6.45, 7) is 9.26. The molecule has 1 aliphatic heterocycles. The van der Waals surface area contributed by atoms with Gasteiger partial charge in [-0.3, -0.25) is 9.89 Å². The highest BCUT2D eigenvalue weighted by molar-refractivity contribution is 14.0. The second-order valence-corrected chi connectivity index (χ2v) is 6.52. The molecule has 0 amide bonds. The summed E-state index contributed by atoms with van der Waals surface area (Å²) in [5, 5.41) is 6.79. The van der Waals surface area contributed by atoms with Crippen LogP contribution in [0.3, 0.4) is 0 Å². The fourth-order valence-corrected chi connectivity index (χ4v) is 3.47. The topological polar surface area (TPSA) is 57.0 Å². The second kappa shape index (κ2) is 10.7. The van der Waals surface area contributed by atoms with E-state index in [1.54, 1.807) is 0 Å². The van der Waals surface area contributed by atoms with E-state index < -0.39 is 0 Å². The van der Waals surface area contributed by atoms with Crippen LogP contribution in [0.2, 0.25) is 0 Å². The van der Waals surface area contributed by atoms with E-state index >= 15 is 0 Å². The van der Waals surface area contributed by atoms with Crippen molar-refractivity contribution in [2.24, 2.45) is 4.99 Å². The minimum Gasteiger partial charge on any atom is -0.357 e. The molecule has 0 aliphatic carbocycles. The lowest BCUT2D eigenvalue weighted by atomic mass is 10.2. The Bertz CT molecular complexity index is 665. The maximum Gasteiger partial charge on any atom is 0.191 e. The van der Waals surface area contributed by atoms with Gasteiger partial charge in [-0.1, -0.05) is 13.0 Å². The van der Waals surface area contributed by atoms with Gasteiger partial charge in [0.05, 0.1) is 12.2 Å². The summed E-state index contributed by atoms with van der Waals surface area (Å²) in [6.07, 6.45) is 7.57. The summed E-state index contributed by atoms with van der Waals surface area (Å²) < 4.78 is 2.06. The molecule has 1 saturated heterocycles. The molecular formula is C19H31IN6. The lowest BCUT2D eigenvalue weighted by molar-refractivity contribution is 0.273. The Balaban J connectivity index is 0.00000243. The first-order valence-corrected chi connectivity index (χ1v) is 9.49. The summed E-state index contributed by atoms with van der Waals surface area (Å²) in [6, 6.07) is 6.67. The van der Waals surface area contributed by atoms with Gasteiger partial charge in [0.2, 0.25) is 0 Å². The van der Waals surface area contributed by atoms with E-state index in [4.69, 9.17) is 4.99 Å². The Morgan fingerprint density at radius 2 is 2.19 bits per heavy atom. The van der Waals surface area contributed by atoms with Crippen molar-refractivity contribution in [1.29, 1.82) is 0 Å². The van der Waals surface area contributed by atoms with Gasteiger partial charge in [-0.2, -0.15) is 0 Å². The zero-order chi connectivity index (χ0) is 17.5. The van der Waals surface area contributed by atoms with Crippen LogP contribution in [0.5, 0.6) is 0 Å². The fraction of sp³-hybridized carbons (Fsp3) is 0.579. The van der Waals surface area contributed by atoms with Gasteiger partial charge in [-0.25, -0.2) is 4.98 Å². The van der Waals surface area contributed by atoms with Gasteiger partial charge in [-0.15, -0.1) is 24.0 Å². The van der Waals surface area contributed by atoms with Crippen LogP contribution in [-0.2, 0) is 6.42 Å². The quantitative estimate of drug-likeness (QED) is 0.371. The summed E-state index contributed by atoms with van der Waals surface area (Å²) >= 11 is 0. The number of pyridine rings is 1. The zero-order valence-electron chi connectivity index (χ0n) is 15.8. The molecular weight excluding hydrogens is 439 g/mol. The summed E-state index contributed by atoms with van der Waals surface area (Å²) in [7, 11) is 0. The first kappa shape index (κ1) is 21.0. The summed E-state index contributed by atoms with van der Waals surface area (Å²) in [5.41, 5.74) is 2.10. The third-order valence-electron chi connectivity index (χ3n) is 4.80. The highest BCUT2D eigenvalue weighted by Gasteiger charge is 2.22. The number of nitrogens with zero attached hydrogens (tertiary/aromatic N) is 4. The maximum absolute atomic E-state index is 4.79. The van der Waals surface area contributed by atoms with E-state index in [-0.39, 0.29) is 24.0 Å². The third kappa shape index (κ3) is 5.57. The molecule has 0 spiro atoms. The Morgan fingerprint density at radius 3 is 2.96 bits per heavy atom. The number of aromatic nitrogens is 2.